The minimum Gasteiger partial charge on any atom is -0.369 e. The predicted molar refractivity (Wildman–Crippen MR) is 120 cm³/mol. The SMILES string of the molecule is C[C@@H](N)[C@H](CNc1ncc(S(=O)(=O)Nc2ncns2)cc1Br)CC(C)(C)CCN. The molecular weight excluding hydrogens is 478 g/mol. The van der Waals surface area contributed by atoms with Crippen molar-refractivity contribution in [3.63, 3.8) is 0 Å². The lowest BCUT2D eigenvalue weighted by Crippen LogP contribution is -2.36. The van der Waals surface area contributed by atoms with Gasteiger partial charge in [-0.1, -0.05) is 13.8 Å². The number of hydrogen-bond donors (Lipinski definition) is 4. The maximum Gasteiger partial charge on any atom is 0.265 e. The van der Waals surface area contributed by atoms with Gasteiger partial charge in [0.2, 0.25) is 5.13 Å². The Kier molecular flexibility index (Phi) is 8.35. The van der Waals surface area contributed by atoms with Gasteiger partial charge in [0.05, 0.1) is 4.47 Å². The number of aromatic nitrogens is 3. The monoisotopic (exact) mass is 505 g/mol. The van der Waals surface area contributed by atoms with E-state index in [0.29, 0.717) is 23.4 Å². The smallest absolute Gasteiger partial charge is 0.265 e. The fraction of sp³-hybridized carbons (Fsp3) is 0.588. The van der Waals surface area contributed by atoms with E-state index in [1.807, 2.05) is 6.92 Å². The molecule has 2 aromatic heterocycles. The van der Waals surface area contributed by atoms with E-state index in [9.17, 15) is 8.42 Å². The van der Waals surface area contributed by atoms with Crippen molar-refractivity contribution in [1.29, 1.82) is 0 Å². The van der Waals surface area contributed by atoms with Gasteiger partial charge in [-0.15, -0.1) is 0 Å². The minimum atomic E-state index is -3.79. The van der Waals surface area contributed by atoms with Crippen molar-refractivity contribution >= 4 is 48.4 Å². The molecule has 0 spiro atoms. The van der Waals surface area contributed by atoms with E-state index in [-0.39, 0.29) is 27.4 Å². The largest absolute Gasteiger partial charge is 0.369 e. The van der Waals surface area contributed by atoms with Crippen LogP contribution in [0.1, 0.15) is 33.6 Å². The highest BCUT2D eigenvalue weighted by molar-refractivity contribution is 9.10. The number of anilines is 2. The Hall–Kier alpha value is -1.34. The zero-order valence-electron chi connectivity index (χ0n) is 16.7. The average Bonchev–Trinajstić information content (AvgIpc) is 3.11. The van der Waals surface area contributed by atoms with Crippen LogP contribution in [0, 0.1) is 11.3 Å². The second-order valence-corrected chi connectivity index (χ2v) is 11.1. The van der Waals surface area contributed by atoms with Gasteiger partial charge in [-0.25, -0.2) is 18.4 Å². The third-order valence-electron chi connectivity index (χ3n) is 4.62. The first-order valence-corrected chi connectivity index (χ1v) is 12.2. The molecular formula is C17H28BrN7O2S2. The summed E-state index contributed by atoms with van der Waals surface area (Å²) >= 11 is 4.36. The number of halogens is 1. The van der Waals surface area contributed by atoms with Crippen molar-refractivity contribution in [2.45, 2.75) is 44.6 Å². The molecule has 2 heterocycles. The second-order valence-electron chi connectivity index (χ2n) is 7.76. The molecule has 6 N–H and O–H groups in total. The molecule has 0 radical (unpaired) electrons. The van der Waals surface area contributed by atoms with Crippen LogP contribution in [0.4, 0.5) is 10.9 Å². The zero-order chi connectivity index (χ0) is 21.7. The molecule has 0 saturated carbocycles. The quantitative estimate of drug-likeness (QED) is 0.363. The van der Waals surface area contributed by atoms with Gasteiger partial charge in [0.25, 0.3) is 10.0 Å². The van der Waals surface area contributed by atoms with Crippen LogP contribution < -0.4 is 21.5 Å². The standard InChI is InChI=1S/C17H28BrN7O2S2/c1-11(20)12(7-17(2,3)4-5-19)8-21-15-14(18)6-13(9-22-15)29(26,27)25-16-23-10-24-28-16/h6,9-12H,4-5,7-8,19-20H2,1-3H3,(H,21,22)(H,23,24,25)/t11-,12+/m1/s1. The van der Waals surface area contributed by atoms with Gasteiger partial charge in [0.15, 0.2) is 0 Å². The van der Waals surface area contributed by atoms with Gasteiger partial charge >= 0.3 is 0 Å². The summed E-state index contributed by atoms with van der Waals surface area (Å²) in [6, 6.07) is 1.49. The molecule has 9 nitrogen and oxygen atoms in total. The molecule has 0 saturated heterocycles. The molecule has 0 unspecified atom stereocenters. The Morgan fingerprint density at radius 1 is 1.34 bits per heavy atom. The highest BCUT2D eigenvalue weighted by atomic mass is 79.9. The highest BCUT2D eigenvalue weighted by Crippen LogP contribution is 2.31. The summed E-state index contributed by atoms with van der Waals surface area (Å²) < 4.78 is 31.6. The highest BCUT2D eigenvalue weighted by Gasteiger charge is 2.25. The molecule has 2 aromatic rings. The summed E-state index contributed by atoms with van der Waals surface area (Å²) in [5.41, 5.74) is 12.0. The topological polar surface area (TPSA) is 149 Å². The lowest BCUT2D eigenvalue weighted by molar-refractivity contribution is 0.239. The maximum absolute atomic E-state index is 12.5. The van der Waals surface area contributed by atoms with Gasteiger partial charge in [-0.2, -0.15) is 4.37 Å². The summed E-state index contributed by atoms with van der Waals surface area (Å²) in [6.45, 7) is 7.62. The molecule has 0 bridgehead atoms. The van der Waals surface area contributed by atoms with Crippen molar-refractivity contribution in [3.8, 4) is 0 Å². The fourth-order valence-corrected chi connectivity index (χ4v) is 5.24. The molecule has 12 heteroatoms. The first-order chi connectivity index (χ1) is 13.5. The summed E-state index contributed by atoms with van der Waals surface area (Å²) in [5.74, 6) is 0.773. The van der Waals surface area contributed by atoms with Crippen LogP contribution in [-0.2, 0) is 10.0 Å². The van der Waals surface area contributed by atoms with Crippen molar-refractivity contribution in [1.82, 2.24) is 14.3 Å². The molecule has 0 aliphatic carbocycles. The Morgan fingerprint density at radius 2 is 2.07 bits per heavy atom. The number of sulfonamides is 1. The molecule has 0 amide bonds. The van der Waals surface area contributed by atoms with E-state index in [0.717, 1.165) is 24.4 Å². The molecule has 2 rings (SSSR count). The molecule has 29 heavy (non-hydrogen) atoms. The van der Waals surface area contributed by atoms with Crippen LogP contribution in [0.3, 0.4) is 0 Å². The Bertz CT molecular complexity index is 889. The number of nitrogens with two attached hydrogens (primary N) is 2. The van der Waals surface area contributed by atoms with Gasteiger partial charge in [0.1, 0.15) is 17.0 Å². The molecule has 0 aliphatic rings. The Balaban J connectivity index is 2.07. The molecule has 0 aromatic carbocycles. The molecule has 162 valence electrons. The van der Waals surface area contributed by atoms with Crippen molar-refractivity contribution in [3.05, 3.63) is 23.1 Å². The molecule has 0 fully saturated rings. The minimum absolute atomic E-state index is 0.00548. The summed E-state index contributed by atoms with van der Waals surface area (Å²) in [6.07, 6.45) is 4.43. The van der Waals surface area contributed by atoms with E-state index >= 15 is 0 Å². The number of nitrogens with one attached hydrogen (secondary N) is 2. The van der Waals surface area contributed by atoms with Crippen LogP contribution in [0.15, 0.2) is 28.0 Å². The second kappa shape index (κ2) is 10.1. The van der Waals surface area contributed by atoms with Crippen molar-refractivity contribution in [2.24, 2.45) is 22.8 Å². The van der Waals surface area contributed by atoms with E-state index in [1.165, 1.54) is 18.6 Å². The Morgan fingerprint density at radius 3 is 2.62 bits per heavy atom. The maximum atomic E-state index is 12.5. The van der Waals surface area contributed by atoms with Gasteiger partial charge in [0, 0.05) is 30.3 Å². The predicted octanol–water partition coefficient (Wildman–Crippen LogP) is 2.64. The van der Waals surface area contributed by atoms with E-state index < -0.39 is 10.0 Å². The lowest BCUT2D eigenvalue weighted by atomic mass is 9.78. The number of pyridine rings is 1. The fourth-order valence-electron chi connectivity index (χ4n) is 2.96. The number of nitrogens with zero attached hydrogens (tertiary/aromatic N) is 3. The number of rotatable bonds is 11. The lowest BCUT2D eigenvalue weighted by Gasteiger charge is -2.32. The first kappa shape index (κ1) is 23.9. The van der Waals surface area contributed by atoms with Gasteiger partial charge in [-0.3, -0.25) is 4.72 Å². The van der Waals surface area contributed by atoms with E-state index in [1.54, 1.807) is 0 Å². The van der Waals surface area contributed by atoms with Crippen LogP contribution in [0.25, 0.3) is 0 Å². The third-order valence-corrected chi connectivity index (χ3v) is 7.24. The Labute approximate surface area is 184 Å². The summed E-state index contributed by atoms with van der Waals surface area (Å²) in [4.78, 5) is 8.12. The van der Waals surface area contributed by atoms with Crippen molar-refractivity contribution < 1.29 is 8.42 Å². The number of hydrogen-bond acceptors (Lipinski definition) is 9. The average molecular weight is 506 g/mol. The van der Waals surface area contributed by atoms with Gasteiger partial charge < -0.3 is 16.8 Å². The van der Waals surface area contributed by atoms with Crippen LogP contribution in [0.2, 0.25) is 0 Å². The van der Waals surface area contributed by atoms with E-state index in [2.05, 4.69) is 54.2 Å². The van der Waals surface area contributed by atoms with Crippen LogP contribution >= 0.6 is 27.5 Å². The van der Waals surface area contributed by atoms with Crippen LogP contribution in [-0.4, -0.2) is 41.9 Å². The third kappa shape index (κ3) is 7.14. The first-order valence-electron chi connectivity index (χ1n) is 9.18. The van der Waals surface area contributed by atoms with Crippen molar-refractivity contribution in [2.75, 3.05) is 23.1 Å². The van der Waals surface area contributed by atoms with Crippen LogP contribution in [0.5, 0.6) is 0 Å². The van der Waals surface area contributed by atoms with E-state index in [4.69, 9.17) is 11.5 Å². The molecule has 2 atom stereocenters. The molecule has 0 aliphatic heterocycles. The normalized spacial score (nSPS) is 14.4. The van der Waals surface area contributed by atoms with Gasteiger partial charge in [-0.05, 0) is 59.6 Å². The summed E-state index contributed by atoms with van der Waals surface area (Å²) in [5, 5.41) is 3.48. The zero-order valence-corrected chi connectivity index (χ0v) is 19.9. The summed E-state index contributed by atoms with van der Waals surface area (Å²) in [7, 11) is -3.79.